The zero-order valence-corrected chi connectivity index (χ0v) is 19.4. The summed E-state index contributed by atoms with van der Waals surface area (Å²) in [6, 6.07) is 11.6. The van der Waals surface area contributed by atoms with Gasteiger partial charge in [0.25, 0.3) is 5.91 Å². The summed E-state index contributed by atoms with van der Waals surface area (Å²) >= 11 is 12.1. The van der Waals surface area contributed by atoms with Crippen molar-refractivity contribution in [3.8, 4) is 11.5 Å². The Kier molecular flexibility index (Phi) is 7.39. The van der Waals surface area contributed by atoms with Gasteiger partial charge in [0.15, 0.2) is 0 Å². The molecule has 2 aromatic rings. The fraction of sp³-hybridized carbons (Fsp3) is 0.458. The van der Waals surface area contributed by atoms with Crippen molar-refractivity contribution in [2.75, 3.05) is 33.2 Å². The molecule has 0 bridgehead atoms. The first-order valence-corrected chi connectivity index (χ1v) is 11.7. The zero-order chi connectivity index (χ0) is 21.8. The maximum Gasteiger partial charge on any atom is 0.253 e. The van der Waals surface area contributed by atoms with Gasteiger partial charge in [-0.25, -0.2) is 0 Å². The third-order valence-corrected chi connectivity index (χ3v) is 6.94. The summed E-state index contributed by atoms with van der Waals surface area (Å²) in [5, 5.41) is 4.09. The summed E-state index contributed by atoms with van der Waals surface area (Å²) < 4.78 is 6.04. The Morgan fingerprint density at radius 1 is 1.03 bits per heavy atom. The van der Waals surface area contributed by atoms with E-state index in [0.717, 1.165) is 44.2 Å². The Morgan fingerprint density at radius 3 is 2.58 bits per heavy atom. The standard InChI is InChI=1S/C24H29Cl2N3O2/c1-27-16-18-14-17(6-9-23(18)31-20-7-8-21(25)22(26)15-20)24(30)29-11-3-10-28(12-13-29)19-4-2-5-19/h6-9,14-15,19,27H,2-5,10-13,16H2,1H3. The number of nitrogens with one attached hydrogen (secondary N) is 1. The normalized spacial score (nSPS) is 17.8. The molecule has 5 nitrogen and oxygen atoms in total. The average Bonchev–Trinajstić information content (AvgIpc) is 2.96. The van der Waals surface area contributed by atoms with Gasteiger partial charge in [0.1, 0.15) is 11.5 Å². The maximum absolute atomic E-state index is 13.2. The Labute approximate surface area is 194 Å². The predicted octanol–water partition coefficient (Wildman–Crippen LogP) is 5.21. The zero-order valence-electron chi connectivity index (χ0n) is 17.9. The molecule has 0 aromatic heterocycles. The lowest BCUT2D eigenvalue weighted by Gasteiger charge is -2.36. The van der Waals surface area contributed by atoms with Crippen LogP contribution in [0.3, 0.4) is 0 Å². The van der Waals surface area contributed by atoms with Gasteiger partial charge in [0.2, 0.25) is 0 Å². The largest absolute Gasteiger partial charge is 0.457 e. The van der Waals surface area contributed by atoms with Crippen molar-refractivity contribution >= 4 is 29.1 Å². The molecule has 4 rings (SSSR count). The van der Waals surface area contributed by atoms with Gasteiger partial charge in [-0.05, 0) is 56.6 Å². The summed E-state index contributed by atoms with van der Waals surface area (Å²) in [5.74, 6) is 1.39. The van der Waals surface area contributed by atoms with Gasteiger partial charge >= 0.3 is 0 Å². The average molecular weight is 462 g/mol. The summed E-state index contributed by atoms with van der Waals surface area (Å²) in [5.41, 5.74) is 1.62. The topological polar surface area (TPSA) is 44.8 Å². The fourth-order valence-electron chi connectivity index (χ4n) is 4.25. The van der Waals surface area contributed by atoms with Crippen LogP contribution >= 0.6 is 23.2 Å². The van der Waals surface area contributed by atoms with Crippen molar-refractivity contribution in [2.24, 2.45) is 0 Å². The SMILES string of the molecule is CNCc1cc(C(=O)N2CCCN(C3CCC3)CC2)ccc1Oc1ccc(Cl)c(Cl)c1. The van der Waals surface area contributed by atoms with Crippen molar-refractivity contribution in [3.63, 3.8) is 0 Å². The molecule has 0 radical (unpaired) electrons. The minimum absolute atomic E-state index is 0.0916. The van der Waals surface area contributed by atoms with Crippen molar-refractivity contribution in [3.05, 3.63) is 57.6 Å². The number of amides is 1. The lowest BCUT2D eigenvalue weighted by molar-refractivity contribution is 0.0749. The van der Waals surface area contributed by atoms with E-state index in [-0.39, 0.29) is 5.91 Å². The minimum atomic E-state index is 0.0916. The maximum atomic E-state index is 13.2. The molecule has 166 valence electrons. The number of carbonyl (C=O) groups excluding carboxylic acids is 1. The van der Waals surface area contributed by atoms with E-state index >= 15 is 0 Å². The van der Waals surface area contributed by atoms with Crippen LogP contribution in [0.25, 0.3) is 0 Å². The first-order valence-electron chi connectivity index (χ1n) is 11.0. The molecule has 0 spiro atoms. The Hall–Kier alpha value is -1.79. The number of ether oxygens (including phenoxy) is 1. The van der Waals surface area contributed by atoms with E-state index in [4.69, 9.17) is 27.9 Å². The fourth-order valence-corrected chi connectivity index (χ4v) is 4.54. The predicted molar refractivity (Wildman–Crippen MR) is 125 cm³/mol. The number of hydrogen-bond acceptors (Lipinski definition) is 4. The van der Waals surface area contributed by atoms with Crippen LogP contribution in [0, 0.1) is 0 Å². The number of benzene rings is 2. The number of halogens is 2. The Bertz CT molecular complexity index is 933. The lowest BCUT2D eigenvalue weighted by atomic mass is 9.91. The van der Waals surface area contributed by atoms with Crippen molar-refractivity contribution in [1.29, 1.82) is 0 Å². The van der Waals surface area contributed by atoms with Crippen LogP contribution in [0.4, 0.5) is 0 Å². The Morgan fingerprint density at radius 2 is 1.87 bits per heavy atom. The summed E-state index contributed by atoms with van der Waals surface area (Å²) in [7, 11) is 1.88. The molecule has 31 heavy (non-hydrogen) atoms. The van der Waals surface area contributed by atoms with Gasteiger partial charge in [-0.3, -0.25) is 9.69 Å². The summed E-state index contributed by atoms with van der Waals surface area (Å²) in [6.45, 7) is 4.25. The number of hydrogen-bond donors (Lipinski definition) is 1. The highest BCUT2D eigenvalue weighted by Crippen LogP contribution is 2.32. The molecule has 1 heterocycles. The molecule has 1 saturated heterocycles. The quantitative estimate of drug-likeness (QED) is 0.641. The van der Waals surface area contributed by atoms with Crippen LogP contribution in [-0.4, -0.2) is 55.0 Å². The molecule has 2 aromatic carbocycles. The van der Waals surface area contributed by atoms with Crippen molar-refractivity contribution < 1.29 is 9.53 Å². The molecular formula is C24H29Cl2N3O2. The molecule has 0 atom stereocenters. The molecule has 2 fully saturated rings. The lowest BCUT2D eigenvalue weighted by Crippen LogP contribution is -2.42. The van der Waals surface area contributed by atoms with E-state index in [1.165, 1.54) is 19.3 Å². The molecule has 0 unspecified atom stereocenters. The highest BCUT2D eigenvalue weighted by molar-refractivity contribution is 6.42. The molecule has 1 aliphatic carbocycles. The third-order valence-electron chi connectivity index (χ3n) is 6.20. The summed E-state index contributed by atoms with van der Waals surface area (Å²) in [4.78, 5) is 17.8. The molecule has 1 amide bonds. The molecule has 7 heteroatoms. The monoisotopic (exact) mass is 461 g/mol. The third kappa shape index (κ3) is 5.35. The van der Waals surface area contributed by atoms with Crippen LogP contribution in [0.1, 0.15) is 41.6 Å². The van der Waals surface area contributed by atoms with Crippen LogP contribution < -0.4 is 10.1 Å². The van der Waals surface area contributed by atoms with Crippen LogP contribution in [0.15, 0.2) is 36.4 Å². The van der Waals surface area contributed by atoms with Gasteiger partial charge in [0.05, 0.1) is 10.0 Å². The smallest absolute Gasteiger partial charge is 0.253 e. The minimum Gasteiger partial charge on any atom is -0.457 e. The summed E-state index contributed by atoms with van der Waals surface area (Å²) in [6.07, 6.45) is 4.99. The second-order valence-electron chi connectivity index (χ2n) is 8.30. The van der Waals surface area contributed by atoms with E-state index in [1.807, 2.05) is 30.1 Å². The van der Waals surface area contributed by atoms with E-state index in [1.54, 1.807) is 18.2 Å². The Balaban J connectivity index is 1.48. The van der Waals surface area contributed by atoms with Gasteiger partial charge in [-0.15, -0.1) is 0 Å². The number of nitrogens with zero attached hydrogens (tertiary/aromatic N) is 2. The van der Waals surface area contributed by atoms with Gasteiger partial charge < -0.3 is 15.0 Å². The number of rotatable bonds is 6. The first-order chi connectivity index (χ1) is 15.0. The van der Waals surface area contributed by atoms with Gasteiger partial charge in [-0.1, -0.05) is 29.6 Å². The van der Waals surface area contributed by atoms with Gasteiger partial charge in [0, 0.05) is 56.0 Å². The molecule has 2 aliphatic rings. The van der Waals surface area contributed by atoms with Crippen molar-refractivity contribution in [2.45, 2.75) is 38.3 Å². The van der Waals surface area contributed by atoms with E-state index in [2.05, 4.69) is 10.2 Å². The second kappa shape index (κ2) is 10.2. The van der Waals surface area contributed by atoms with E-state index < -0.39 is 0 Å². The highest BCUT2D eigenvalue weighted by Gasteiger charge is 2.28. The number of carbonyl (C=O) groups is 1. The van der Waals surface area contributed by atoms with Crippen LogP contribution in [0.2, 0.25) is 10.0 Å². The second-order valence-corrected chi connectivity index (χ2v) is 9.11. The molecule has 1 aliphatic heterocycles. The van der Waals surface area contributed by atoms with E-state index in [0.29, 0.717) is 33.7 Å². The van der Waals surface area contributed by atoms with E-state index in [9.17, 15) is 4.79 Å². The van der Waals surface area contributed by atoms with Crippen LogP contribution in [-0.2, 0) is 6.54 Å². The first kappa shape index (κ1) is 22.4. The molecule has 1 N–H and O–H groups in total. The van der Waals surface area contributed by atoms with Crippen molar-refractivity contribution in [1.82, 2.24) is 15.1 Å². The molecule has 1 saturated carbocycles. The van der Waals surface area contributed by atoms with Gasteiger partial charge in [-0.2, -0.15) is 0 Å². The van der Waals surface area contributed by atoms with Crippen LogP contribution in [0.5, 0.6) is 11.5 Å². The highest BCUT2D eigenvalue weighted by atomic mass is 35.5. The molecular weight excluding hydrogens is 433 g/mol.